The molecule has 9 nitrogen and oxygen atoms in total. The number of methoxy groups -OCH3 is 1. The number of aliphatic hydroxyl groups is 1. The summed E-state index contributed by atoms with van der Waals surface area (Å²) in [6.07, 6.45) is 0.855. The smallest absolute Gasteiger partial charge is 0.251 e. The van der Waals surface area contributed by atoms with E-state index in [0.717, 1.165) is 50.6 Å². The van der Waals surface area contributed by atoms with Gasteiger partial charge in [0.2, 0.25) is 0 Å². The van der Waals surface area contributed by atoms with Crippen LogP contribution in [-0.2, 0) is 17.7 Å². The molecular formula is C23H32N4O5. The van der Waals surface area contributed by atoms with Crippen LogP contribution in [0.3, 0.4) is 0 Å². The summed E-state index contributed by atoms with van der Waals surface area (Å²) in [6, 6.07) is 8.89. The Bertz CT molecular complexity index is 866. The Balaban J connectivity index is 1.26. The summed E-state index contributed by atoms with van der Waals surface area (Å²) in [7, 11) is 1.58. The molecule has 2 aliphatic heterocycles. The average molecular weight is 445 g/mol. The van der Waals surface area contributed by atoms with Crippen LogP contribution < -0.4 is 15.4 Å². The normalized spacial score (nSPS) is 24.2. The van der Waals surface area contributed by atoms with E-state index in [-0.39, 0.29) is 18.6 Å². The topological polar surface area (TPSA) is 109 Å². The summed E-state index contributed by atoms with van der Waals surface area (Å²) in [5.74, 6) is 1.35. The summed E-state index contributed by atoms with van der Waals surface area (Å²) in [5, 5.41) is 20.8. The molecule has 4 rings (SSSR count). The third-order valence-corrected chi connectivity index (χ3v) is 6.03. The fourth-order valence-electron chi connectivity index (χ4n) is 4.17. The minimum atomic E-state index is -0.608. The lowest BCUT2D eigenvalue weighted by molar-refractivity contribution is -0.114. The van der Waals surface area contributed by atoms with Crippen LogP contribution in [-0.4, -0.2) is 79.2 Å². The highest BCUT2D eigenvalue weighted by Crippen LogP contribution is 2.23. The molecule has 2 aliphatic rings. The lowest BCUT2D eigenvalue weighted by atomic mass is 9.98. The van der Waals surface area contributed by atoms with Crippen LogP contribution in [0, 0.1) is 0 Å². The fraction of sp³-hybridized carbons (Fsp3) is 0.565. The molecule has 1 aromatic heterocycles. The van der Waals surface area contributed by atoms with Gasteiger partial charge in [-0.25, -0.2) is 0 Å². The van der Waals surface area contributed by atoms with Crippen LogP contribution in [0.5, 0.6) is 5.75 Å². The van der Waals surface area contributed by atoms with E-state index in [1.807, 2.05) is 6.07 Å². The van der Waals surface area contributed by atoms with Crippen LogP contribution in [0.25, 0.3) is 0 Å². The Labute approximate surface area is 188 Å². The molecule has 0 unspecified atom stereocenters. The van der Waals surface area contributed by atoms with Crippen LogP contribution in [0.2, 0.25) is 0 Å². The van der Waals surface area contributed by atoms with E-state index < -0.39 is 12.2 Å². The molecule has 0 saturated carbocycles. The molecule has 2 saturated heterocycles. The zero-order valence-electron chi connectivity index (χ0n) is 18.5. The maximum absolute atomic E-state index is 12.4. The Morgan fingerprint density at radius 2 is 2.06 bits per heavy atom. The van der Waals surface area contributed by atoms with Gasteiger partial charge in [-0.2, -0.15) is 0 Å². The molecule has 9 heteroatoms. The molecule has 32 heavy (non-hydrogen) atoms. The standard InChI is InChI=1S/C23H32N4O5/c1-30-18-4-2-16(3-5-18)23(29)25-14-22-21(28)7-6-19(31-22)12-17-13-20(32-26-17)15-27-10-8-24-9-11-27/h2-5,13,19,21-22,24,28H,6-12,14-15H2,1H3,(H,25,29)/t19-,21-,22+/m0/s1. The van der Waals surface area contributed by atoms with E-state index >= 15 is 0 Å². The Kier molecular flexibility index (Phi) is 7.75. The predicted molar refractivity (Wildman–Crippen MR) is 118 cm³/mol. The maximum Gasteiger partial charge on any atom is 0.251 e. The van der Waals surface area contributed by atoms with Crippen molar-refractivity contribution in [3.8, 4) is 5.75 Å². The van der Waals surface area contributed by atoms with Gasteiger partial charge in [-0.05, 0) is 37.1 Å². The first-order valence-electron chi connectivity index (χ1n) is 11.2. The van der Waals surface area contributed by atoms with Crippen molar-refractivity contribution >= 4 is 5.91 Å². The van der Waals surface area contributed by atoms with E-state index in [9.17, 15) is 9.90 Å². The number of nitrogens with zero attached hydrogens (tertiary/aromatic N) is 2. The van der Waals surface area contributed by atoms with Gasteiger partial charge in [-0.3, -0.25) is 9.69 Å². The van der Waals surface area contributed by atoms with Gasteiger partial charge in [0.15, 0.2) is 5.76 Å². The lowest BCUT2D eigenvalue weighted by Crippen LogP contribution is -2.46. The van der Waals surface area contributed by atoms with Crippen molar-refractivity contribution in [3.05, 3.63) is 47.3 Å². The number of hydrogen-bond donors (Lipinski definition) is 3. The molecule has 0 aliphatic carbocycles. The number of nitrogens with one attached hydrogen (secondary N) is 2. The van der Waals surface area contributed by atoms with Crippen molar-refractivity contribution in [3.63, 3.8) is 0 Å². The summed E-state index contributed by atoms with van der Waals surface area (Å²) < 4.78 is 16.7. The quantitative estimate of drug-likeness (QED) is 0.553. The molecule has 3 atom stereocenters. The number of aliphatic hydroxyl groups excluding tert-OH is 1. The number of amides is 1. The van der Waals surface area contributed by atoms with Crippen LogP contribution in [0.4, 0.5) is 0 Å². The number of rotatable bonds is 8. The Morgan fingerprint density at radius 3 is 2.81 bits per heavy atom. The number of benzene rings is 1. The summed E-state index contributed by atoms with van der Waals surface area (Å²) in [5.41, 5.74) is 1.39. The molecular weight excluding hydrogens is 412 g/mol. The zero-order chi connectivity index (χ0) is 22.3. The summed E-state index contributed by atoms with van der Waals surface area (Å²) in [6.45, 7) is 5.01. The van der Waals surface area contributed by atoms with Gasteiger partial charge in [-0.15, -0.1) is 0 Å². The monoisotopic (exact) mass is 444 g/mol. The molecule has 0 bridgehead atoms. The van der Waals surface area contributed by atoms with E-state index in [2.05, 4.69) is 20.7 Å². The molecule has 2 aromatic rings. The fourth-order valence-corrected chi connectivity index (χ4v) is 4.17. The van der Waals surface area contributed by atoms with E-state index in [0.29, 0.717) is 24.2 Å². The van der Waals surface area contributed by atoms with E-state index in [4.69, 9.17) is 14.0 Å². The summed E-state index contributed by atoms with van der Waals surface area (Å²) in [4.78, 5) is 14.8. The number of carbonyl (C=O) groups excluding carboxylic acids is 1. The minimum Gasteiger partial charge on any atom is -0.497 e. The van der Waals surface area contributed by atoms with Crippen molar-refractivity contribution < 1.29 is 23.9 Å². The molecule has 0 spiro atoms. The van der Waals surface area contributed by atoms with Gasteiger partial charge in [0.05, 0.1) is 31.6 Å². The molecule has 2 fully saturated rings. The van der Waals surface area contributed by atoms with Gasteiger partial charge in [0, 0.05) is 50.8 Å². The second kappa shape index (κ2) is 10.9. The lowest BCUT2D eigenvalue weighted by Gasteiger charge is -2.33. The molecule has 0 radical (unpaired) electrons. The van der Waals surface area contributed by atoms with Crippen molar-refractivity contribution in [1.29, 1.82) is 0 Å². The second-order valence-corrected chi connectivity index (χ2v) is 8.39. The van der Waals surface area contributed by atoms with Crippen molar-refractivity contribution in [1.82, 2.24) is 20.7 Å². The average Bonchev–Trinajstić information content (AvgIpc) is 3.26. The number of aromatic nitrogens is 1. The molecule has 3 N–H and O–H groups in total. The van der Waals surface area contributed by atoms with Gasteiger partial charge in [-0.1, -0.05) is 5.16 Å². The van der Waals surface area contributed by atoms with Crippen LogP contribution >= 0.6 is 0 Å². The highest BCUT2D eigenvalue weighted by molar-refractivity contribution is 5.94. The third kappa shape index (κ3) is 6.07. The number of carbonyl (C=O) groups is 1. The van der Waals surface area contributed by atoms with Crippen molar-refractivity contribution in [2.45, 2.75) is 44.1 Å². The molecule has 3 heterocycles. The van der Waals surface area contributed by atoms with E-state index in [1.54, 1.807) is 31.4 Å². The SMILES string of the molecule is COc1ccc(C(=O)NC[C@H]2O[C@H](Cc3cc(CN4CCNCC4)on3)CC[C@@H]2O)cc1. The van der Waals surface area contributed by atoms with E-state index in [1.165, 1.54) is 0 Å². The second-order valence-electron chi connectivity index (χ2n) is 8.39. The third-order valence-electron chi connectivity index (χ3n) is 6.03. The van der Waals surface area contributed by atoms with Gasteiger partial charge in [0.25, 0.3) is 5.91 Å². The van der Waals surface area contributed by atoms with Crippen molar-refractivity contribution in [2.24, 2.45) is 0 Å². The van der Waals surface area contributed by atoms with Crippen LogP contribution in [0.1, 0.15) is 34.7 Å². The number of piperazine rings is 1. The zero-order valence-corrected chi connectivity index (χ0v) is 18.5. The van der Waals surface area contributed by atoms with Crippen molar-refractivity contribution in [2.75, 3.05) is 39.8 Å². The van der Waals surface area contributed by atoms with Gasteiger partial charge in [0.1, 0.15) is 11.9 Å². The Hall–Kier alpha value is -2.46. The first-order valence-corrected chi connectivity index (χ1v) is 11.2. The molecule has 1 aromatic carbocycles. The molecule has 1 amide bonds. The first-order chi connectivity index (χ1) is 15.6. The van der Waals surface area contributed by atoms with Gasteiger partial charge >= 0.3 is 0 Å². The molecule has 174 valence electrons. The number of hydrogen-bond acceptors (Lipinski definition) is 8. The minimum absolute atomic E-state index is 0.0709. The Morgan fingerprint density at radius 1 is 1.28 bits per heavy atom. The summed E-state index contributed by atoms with van der Waals surface area (Å²) >= 11 is 0. The first kappa shape index (κ1) is 22.7. The van der Waals surface area contributed by atoms with Gasteiger partial charge < -0.3 is 29.7 Å². The largest absolute Gasteiger partial charge is 0.497 e. The highest BCUT2D eigenvalue weighted by atomic mass is 16.5. The highest BCUT2D eigenvalue weighted by Gasteiger charge is 2.31. The predicted octanol–water partition coefficient (Wildman–Crippen LogP) is 0.969. The maximum atomic E-state index is 12.4. The van der Waals surface area contributed by atoms with Crippen LogP contribution in [0.15, 0.2) is 34.9 Å². The number of ether oxygens (including phenoxy) is 2.